The van der Waals surface area contributed by atoms with Gasteiger partial charge in [0.2, 0.25) is 28.2 Å². The zero-order valence-corrected chi connectivity index (χ0v) is 54.8. The summed E-state index contributed by atoms with van der Waals surface area (Å²) < 4.78 is 130. The van der Waals surface area contributed by atoms with Crippen molar-refractivity contribution in [3.8, 4) is 5.75 Å². The van der Waals surface area contributed by atoms with E-state index in [-0.39, 0.29) is 202 Å². The van der Waals surface area contributed by atoms with E-state index in [9.17, 15) is 63.2 Å². The van der Waals surface area contributed by atoms with E-state index < -0.39 is 69.1 Å². The number of nitrogens with zero attached hydrogens (tertiary/aromatic N) is 5. The van der Waals surface area contributed by atoms with Crippen molar-refractivity contribution in [2.45, 2.75) is 19.6 Å². The Kier molecular flexibility index (Phi) is 28.8. The van der Waals surface area contributed by atoms with Gasteiger partial charge in [-0.05, 0) is 121 Å². The number of phenols is 1. The molecule has 1 heterocycles. The maximum Gasteiger partial charge on any atom is 1.00 e. The molecule has 0 aliphatic rings. The molecule has 7 rings (SSSR count). The summed E-state index contributed by atoms with van der Waals surface area (Å²) in [6, 6.07) is 27.0. The minimum Gasteiger partial charge on any atom is -0.744 e. The quantitative estimate of drug-likeness (QED) is 0.00519. The van der Waals surface area contributed by atoms with Crippen LogP contribution >= 0.6 is 24.1 Å². The summed E-state index contributed by atoms with van der Waals surface area (Å²) >= 11 is 0.941. The van der Waals surface area contributed by atoms with E-state index in [4.69, 9.17) is 0 Å². The number of aromatic hydroxyl groups is 1. The van der Waals surface area contributed by atoms with Gasteiger partial charge in [-0.25, -0.2) is 33.7 Å². The number of amides is 1. The van der Waals surface area contributed by atoms with Gasteiger partial charge in [-0.2, -0.15) is 28.7 Å². The monoisotopic (exact) mass is 1250 g/mol. The topological polar surface area (TPSA) is 424 Å². The van der Waals surface area contributed by atoms with Crippen LogP contribution in [0.1, 0.15) is 10.4 Å². The molecule has 28 nitrogen and oxygen atoms in total. The van der Waals surface area contributed by atoms with Gasteiger partial charge in [-0.1, -0.05) is 6.07 Å². The second-order valence-electron chi connectivity index (χ2n) is 15.0. The van der Waals surface area contributed by atoms with E-state index in [1.807, 2.05) is 0 Å². The first-order chi connectivity index (χ1) is 36.1. The van der Waals surface area contributed by atoms with E-state index in [0.29, 0.717) is 35.2 Å². The van der Waals surface area contributed by atoms with Gasteiger partial charge in [0.1, 0.15) is 15.8 Å². The standard InChI is InChI=1S/C42H37N9O19S6.4Na/c52-38-35-24-31(46-42-48-40(47-41(49-42)45-29-11-17-34(18-12-29)75(60,61)62)44-28-9-15-33(16-10-28)74(58,59)22-20-71-69-67-54)6-3-26(35)23-36(72-70-68-55)37(38)51-50-30-4-1-25(2-5-30)39(53)43-27-7-13-32(14-8-27)73(56,57)21-19-66-76(63,64)65;;;;/h1-18,23-24,52,54-55H,19-22H2,(H,43,53)(H,60,61,62)(H,63,64,65)(H3,44,45,46,47,48,49);;;;/q;4*+1/p-4. The van der Waals surface area contributed by atoms with Crippen LogP contribution in [0.2, 0.25) is 0 Å². The molecule has 0 bridgehead atoms. The van der Waals surface area contributed by atoms with Gasteiger partial charge in [-0.15, -0.1) is 5.11 Å². The number of anilines is 7. The number of hydrogen-bond acceptors (Lipinski definition) is 29. The summed E-state index contributed by atoms with van der Waals surface area (Å²) in [7, 11) is -17.7. The molecule has 0 atom stereocenters. The Morgan fingerprint density at radius 2 is 1.07 bits per heavy atom. The number of carbonyl (C=O) groups excluding carboxylic acids is 1. The Labute approximate surface area is 552 Å². The summed E-state index contributed by atoms with van der Waals surface area (Å²) in [5, 5.41) is 59.6. The molecule has 0 saturated heterocycles. The van der Waals surface area contributed by atoms with Gasteiger partial charge in [-0.3, -0.25) is 19.1 Å². The molecule has 400 valence electrons. The summed E-state index contributed by atoms with van der Waals surface area (Å²) in [5.74, 6) is -2.59. The normalized spacial score (nSPS) is 11.6. The molecule has 1 amide bonds. The van der Waals surface area contributed by atoms with Crippen LogP contribution in [0.15, 0.2) is 151 Å². The zero-order valence-electron chi connectivity index (χ0n) is 41.9. The number of hydrogen-bond donors (Lipinski definition) is 5. The first-order valence-corrected chi connectivity index (χ1v) is 28.5. The van der Waals surface area contributed by atoms with Crippen molar-refractivity contribution in [2.75, 3.05) is 45.1 Å². The van der Waals surface area contributed by atoms with E-state index in [0.717, 1.165) is 12.1 Å². The van der Waals surface area contributed by atoms with Gasteiger partial charge in [0.05, 0.1) is 55.4 Å². The molecule has 0 fully saturated rings. The average molecular weight is 1250 g/mol. The molecular formula is C42H33N9Na4O19S6. The molecule has 5 N–H and O–H groups in total. The third-order valence-electron chi connectivity index (χ3n) is 9.92. The molecular weight excluding hydrogens is 1220 g/mol. The largest absolute Gasteiger partial charge is 1.00 e. The summed E-state index contributed by atoms with van der Waals surface area (Å²) in [4.78, 5) is 25.6. The number of phenolic OH excluding ortho intramolecular Hbond substituents is 1. The molecule has 0 radical (unpaired) electrons. The van der Waals surface area contributed by atoms with Crippen LogP contribution in [-0.2, 0) is 63.1 Å². The number of sulfone groups is 2. The van der Waals surface area contributed by atoms with E-state index in [1.165, 1.54) is 97.1 Å². The zero-order chi connectivity index (χ0) is 54.7. The van der Waals surface area contributed by atoms with Crippen molar-refractivity contribution in [3.63, 3.8) is 0 Å². The molecule has 1 aromatic heterocycles. The van der Waals surface area contributed by atoms with Crippen molar-refractivity contribution in [1.82, 2.24) is 15.0 Å². The molecule has 38 heteroatoms. The van der Waals surface area contributed by atoms with Crippen LogP contribution in [0.4, 0.5) is 52.0 Å². The predicted octanol–water partition coefficient (Wildman–Crippen LogP) is -7.32. The molecule has 0 spiro atoms. The third-order valence-corrected chi connectivity index (χ3v) is 16.0. The summed E-state index contributed by atoms with van der Waals surface area (Å²) in [6.45, 7) is -0.878. The number of fused-ring (bicyclic) bond motifs is 1. The molecule has 80 heavy (non-hydrogen) atoms. The second-order valence-corrected chi connectivity index (χ2v) is 23.1. The maximum absolute atomic E-state index is 13.0. The van der Waals surface area contributed by atoms with Gasteiger partial charge in [0.15, 0.2) is 25.4 Å². The fourth-order valence-electron chi connectivity index (χ4n) is 6.43. The molecule has 6 aromatic carbocycles. The predicted molar refractivity (Wildman–Crippen MR) is 264 cm³/mol. The smallest absolute Gasteiger partial charge is 0.744 e. The number of rotatable bonds is 25. The Hall–Kier alpha value is -3.00. The van der Waals surface area contributed by atoms with E-state index >= 15 is 0 Å². The maximum atomic E-state index is 13.0. The Balaban J connectivity index is 0.00000420. The number of azo groups is 1. The van der Waals surface area contributed by atoms with Crippen molar-refractivity contribution >= 4 is 133 Å². The molecule has 0 saturated carbocycles. The van der Waals surface area contributed by atoms with Crippen LogP contribution in [0, 0.1) is 0 Å². The van der Waals surface area contributed by atoms with Gasteiger partial charge >= 0.3 is 118 Å². The summed E-state index contributed by atoms with van der Waals surface area (Å²) in [6.07, 6.45) is 0. The van der Waals surface area contributed by atoms with Crippen molar-refractivity contribution in [1.29, 1.82) is 0 Å². The first kappa shape index (κ1) is 71.3. The van der Waals surface area contributed by atoms with Gasteiger partial charge in [0.25, 0.3) is 5.91 Å². The van der Waals surface area contributed by atoms with E-state index in [2.05, 4.69) is 69.4 Å². The van der Waals surface area contributed by atoms with Crippen molar-refractivity contribution in [3.05, 3.63) is 127 Å². The number of benzene rings is 6. The van der Waals surface area contributed by atoms with Crippen molar-refractivity contribution < 1.29 is 204 Å². The van der Waals surface area contributed by atoms with Crippen LogP contribution in [-0.4, -0.2) is 92.6 Å². The average Bonchev–Trinajstić information content (AvgIpc) is 3.37. The third kappa shape index (κ3) is 21.0. The minimum atomic E-state index is -5.08. The number of carbonyl (C=O) groups is 1. The van der Waals surface area contributed by atoms with Gasteiger partial charge < -0.3 is 46.0 Å². The summed E-state index contributed by atoms with van der Waals surface area (Å²) in [5.41, 5.74) is 1.23. The Bertz CT molecular complexity index is 3740. The van der Waals surface area contributed by atoms with Crippen LogP contribution in [0.25, 0.3) is 10.8 Å². The molecule has 0 aliphatic carbocycles. The van der Waals surface area contributed by atoms with Crippen LogP contribution in [0.3, 0.4) is 0 Å². The molecule has 0 unspecified atom stereocenters. The number of aromatic nitrogens is 3. The Morgan fingerprint density at radius 3 is 1.59 bits per heavy atom. The minimum absolute atomic E-state index is 0. The fourth-order valence-corrected chi connectivity index (χ4v) is 10.9. The van der Waals surface area contributed by atoms with Crippen LogP contribution in [0.5, 0.6) is 5.75 Å². The van der Waals surface area contributed by atoms with Crippen molar-refractivity contribution in [2.24, 2.45) is 10.2 Å². The fraction of sp³-hybridized carbons (Fsp3) is 0.0952. The Morgan fingerprint density at radius 1 is 0.588 bits per heavy atom. The molecule has 7 aromatic rings. The number of nitrogens with one attached hydrogen (secondary N) is 4. The SMILES string of the molecule is O=C(Nc1ccc(S(=O)(=O)CCOS(=O)(=O)[O-])cc1)c1ccc(N=Nc2c(SOO[O-])cc3ccc(Nc4nc(Nc5ccc(S(=O)(=O)[O-])cc5)nc(Nc5ccc(S(=O)(=O)CCSOO[O-])cc5)n4)cc3c2O)cc1.[Na+].[Na+].[Na+].[Na+]. The molecule has 0 aliphatic heterocycles. The first-order valence-electron chi connectivity index (χ1n) is 20.8. The van der Waals surface area contributed by atoms with E-state index in [1.54, 1.807) is 12.1 Å². The van der Waals surface area contributed by atoms with Crippen LogP contribution < -0.4 is 150 Å². The van der Waals surface area contributed by atoms with Gasteiger partial charge in [0, 0.05) is 51.5 Å². The second kappa shape index (κ2) is 32.3.